The fraction of sp³-hybridized carbons (Fsp3) is 0.188. The molecule has 1 aromatic carbocycles. The molecule has 2 heterocycles. The van der Waals surface area contributed by atoms with Crippen molar-refractivity contribution in [3.05, 3.63) is 41.8 Å². The number of thiophene rings is 1. The van der Waals surface area contributed by atoms with E-state index in [0.717, 1.165) is 23.1 Å². The van der Waals surface area contributed by atoms with E-state index >= 15 is 0 Å². The van der Waals surface area contributed by atoms with Crippen molar-refractivity contribution < 1.29 is 9.18 Å². The van der Waals surface area contributed by atoms with Crippen LogP contribution in [0.3, 0.4) is 0 Å². The van der Waals surface area contributed by atoms with Gasteiger partial charge in [0.1, 0.15) is 22.8 Å². The van der Waals surface area contributed by atoms with Gasteiger partial charge in [-0.3, -0.25) is 4.79 Å². The lowest BCUT2D eigenvalue weighted by atomic mass is 10.2. The Kier molecular flexibility index (Phi) is 3.42. The summed E-state index contributed by atoms with van der Waals surface area (Å²) in [6.07, 6.45) is 3.24. The molecule has 1 fully saturated rings. The molecule has 3 aromatic rings. The number of benzene rings is 1. The molecule has 1 saturated carbocycles. The van der Waals surface area contributed by atoms with E-state index in [1.807, 2.05) is 11.4 Å². The molecule has 7 heteroatoms. The lowest BCUT2D eigenvalue weighted by Gasteiger charge is -2.10. The summed E-state index contributed by atoms with van der Waals surface area (Å²) in [4.78, 5) is 21.1. The van der Waals surface area contributed by atoms with E-state index < -0.39 is 5.82 Å². The van der Waals surface area contributed by atoms with Crippen LogP contribution in [0, 0.1) is 11.7 Å². The van der Waals surface area contributed by atoms with E-state index in [9.17, 15) is 9.18 Å². The average molecular weight is 328 g/mol. The standard InChI is InChI=1S/C16H13FN4OS/c17-12-4-3-10(7-13(12)21-15(22)9-1-2-9)20-14-11-5-6-23-16(11)19-8-18-14/h3-9H,1-2H2,(H,21,22)(H,18,19,20). The van der Waals surface area contributed by atoms with Gasteiger partial charge in [-0.15, -0.1) is 11.3 Å². The number of anilines is 3. The van der Waals surface area contributed by atoms with E-state index in [-0.39, 0.29) is 17.5 Å². The molecule has 0 unspecified atom stereocenters. The first-order valence-corrected chi connectivity index (χ1v) is 8.14. The Bertz CT molecular complexity index is 891. The molecular formula is C16H13FN4OS. The van der Waals surface area contributed by atoms with Gasteiger partial charge in [-0.05, 0) is 42.5 Å². The lowest BCUT2D eigenvalue weighted by molar-refractivity contribution is -0.117. The second kappa shape index (κ2) is 5.58. The zero-order valence-electron chi connectivity index (χ0n) is 12.0. The third-order valence-electron chi connectivity index (χ3n) is 3.70. The number of nitrogens with one attached hydrogen (secondary N) is 2. The number of carbonyl (C=O) groups excluding carboxylic acids is 1. The minimum atomic E-state index is -0.451. The molecule has 0 aliphatic heterocycles. The molecule has 0 bridgehead atoms. The number of rotatable bonds is 4. The van der Waals surface area contributed by atoms with Crippen LogP contribution in [0.5, 0.6) is 0 Å². The van der Waals surface area contributed by atoms with Crippen LogP contribution in [0.15, 0.2) is 36.0 Å². The quantitative estimate of drug-likeness (QED) is 0.762. The zero-order chi connectivity index (χ0) is 15.8. The Hall–Kier alpha value is -2.54. The van der Waals surface area contributed by atoms with Crippen molar-refractivity contribution in [1.82, 2.24) is 9.97 Å². The third-order valence-corrected chi connectivity index (χ3v) is 4.52. The normalized spacial score (nSPS) is 14.0. The van der Waals surface area contributed by atoms with Crippen molar-refractivity contribution in [2.45, 2.75) is 12.8 Å². The molecule has 1 aliphatic carbocycles. The van der Waals surface area contributed by atoms with E-state index in [1.54, 1.807) is 12.1 Å². The smallest absolute Gasteiger partial charge is 0.227 e. The zero-order valence-corrected chi connectivity index (χ0v) is 12.9. The third kappa shape index (κ3) is 2.87. The summed E-state index contributed by atoms with van der Waals surface area (Å²) in [6.45, 7) is 0. The predicted octanol–water partition coefficient (Wildman–Crippen LogP) is 3.92. The summed E-state index contributed by atoms with van der Waals surface area (Å²) >= 11 is 1.53. The Balaban J connectivity index is 1.61. The summed E-state index contributed by atoms with van der Waals surface area (Å²) in [7, 11) is 0. The lowest BCUT2D eigenvalue weighted by Crippen LogP contribution is -2.14. The highest BCUT2D eigenvalue weighted by Crippen LogP contribution is 2.32. The first-order valence-electron chi connectivity index (χ1n) is 7.26. The van der Waals surface area contributed by atoms with Gasteiger partial charge in [0.05, 0.1) is 11.1 Å². The Morgan fingerprint density at radius 1 is 1.26 bits per heavy atom. The van der Waals surface area contributed by atoms with Crippen LogP contribution in [0.4, 0.5) is 21.6 Å². The van der Waals surface area contributed by atoms with Gasteiger partial charge in [-0.1, -0.05) is 0 Å². The molecule has 0 atom stereocenters. The molecule has 2 aromatic heterocycles. The van der Waals surface area contributed by atoms with E-state index in [1.165, 1.54) is 23.7 Å². The molecule has 116 valence electrons. The van der Waals surface area contributed by atoms with Gasteiger partial charge in [0, 0.05) is 11.6 Å². The topological polar surface area (TPSA) is 66.9 Å². The van der Waals surface area contributed by atoms with Gasteiger partial charge >= 0.3 is 0 Å². The summed E-state index contributed by atoms with van der Waals surface area (Å²) in [5, 5.41) is 8.65. The first kappa shape index (κ1) is 14.1. The number of halogens is 1. The van der Waals surface area contributed by atoms with Crippen molar-refractivity contribution in [3.63, 3.8) is 0 Å². The first-order chi connectivity index (χ1) is 11.2. The maximum atomic E-state index is 13.9. The molecular weight excluding hydrogens is 315 g/mol. The average Bonchev–Trinajstić information content (AvgIpc) is 3.29. The predicted molar refractivity (Wildman–Crippen MR) is 88.5 cm³/mol. The molecule has 0 spiro atoms. The highest BCUT2D eigenvalue weighted by molar-refractivity contribution is 7.16. The Morgan fingerprint density at radius 3 is 2.96 bits per heavy atom. The van der Waals surface area contributed by atoms with Crippen LogP contribution in [0.1, 0.15) is 12.8 Å². The number of aromatic nitrogens is 2. The number of fused-ring (bicyclic) bond motifs is 1. The number of hydrogen-bond donors (Lipinski definition) is 2. The minimum Gasteiger partial charge on any atom is -0.340 e. The fourth-order valence-electron chi connectivity index (χ4n) is 2.31. The van der Waals surface area contributed by atoms with Crippen LogP contribution in [0.2, 0.25) is 0 Å². The number of amides is 1. The molecule has 4 rings (SSSR count). The Morgan fingerprint density at radius 2 is 2.13 bits per heavy atom. The van der Waals surface area contributed by atoms with E-state index in [4.69, 9.17) is 0 Å². The second-order valence-electron chi connectivity index (χ2n) is 5.44. The van der Waals surface area contributed by atoms with Crippen molar-refractivity contribution in [2.75, 3.05) is 10.6 Å². The van der Waals surface area contributed by atoms with Crippen LogP contribution in [-0.2, 0) is 4.79 Å². The van der Waals surface area contributed by atoms with Crippen LogP contribution >= 0.6 is 11.3 Å². The van der Waals surface area contributed by atoms with Gasteiger partial charge in [0.15, 0.2) is 0 Å². The molecule has 1 aliphatic rings. The summed E-state index contributed by atoms with van der Waals surface area (Å²) in [5.41, 5.74) is 0.839. The molecule has 1 amide bonds. The van der Waals surface area contributed by atoms with Gasteiger partial charge in [-0.2, -0.15) is 0 Å². The molecule has 0 saturated heterocycles. The maximum absolute atomic E-state index is 13.9. The molecule has 2 N–H and O–H groups in total. The molecule has 5 nitrogen and oxygen atoms in total. The highest BCUT2D eigenvalue weighted by Gasteiger charge is 2.30. The second-order valence-corrected chi connectivity index (χ2v) is 6.34. The summed E-state index contributed by atoms with van der Waals surface area (Å²) in [5.74, 6) is 0.108. The van der Waals surface area contributed by atoms with Crippen molar-refractivity contribution in [2.24, 2.45) is 5.92 Å². The number of nitrogens with zero attached hydrogens (tertiary/aromatic N) is 2. The maximum Gasteiger partial charge on any atom is 0.227 e. The summed E-state index contributed by atoms with van der Waals surface area (Å²) in [6, 6.07) is 6.46. The fourth-order valence-corrected chi connectivity index (χ4v) is 3.04. The van der Waals surface area contributed by atoms with Gasteiger partial charge in [-0.25, -0.2) is 14.4 Å². The van der Waals surface area contributed by atoms with Crippen molar-refractivity contribution in [3.8, 4) is 0 Å². The van der Waals surface area contributed by atoms with Crippen LogP contribution in [0.25, 0.3) is 10.2 Å². The monoisotopic (exact) mass is 328 g/mol. The number of hydrogen-bond acceptors (Lipinski definition) is 5. The molecule has 0 radical (unpaired) electrons. The van der Waals surface area contributed by atoms with Crippen LogP contribution in [-0.4, -0.2) is 15.9 Å². The largest absolute Gasteiger partial charge is 0.340 e. The van der Waals surface area contributed by atoms with Crippen LogP contribution < -0.4 is 10.6 Å². The SMILES string of the molecule is O=C(Nc1cc(Nc2ncnc3sccc23)ccc1F)C1CC1. The van der Waals surface area contributed by atoms with Crippen molar-refractivity contribution >= 4 is 44.7 Å². The molecule has 23 heavy (non-hydrogen) atoms. The minimum absolute atomic E-state index is 0.0262. The van der Waals surface area contributed by atoms with E-state index in [2.05, 4.69) is 20.6 Å². The van der Waals surface area contributed by atoms with Gasteiger partial charge in [0.2, 0.25) is 5.91 Å². The Labute approximate surface area is 135 Å². The summed E-state index contributed by atoms with van der Waals surface area (Å²) < 4.78 is 13.9. The van der Waals surface area contributed by atoms with Crippen molar-refractivity contribution in [1.29, 1.82) is 0 Å². The van der Waals surface area contributed by atoms with E-state index in [0.29, 0.717) is 11.5 Å². The highest BCUT2D eigenvalue weighted by atomic mass is 32.1. The van der Waals surface area contributed by atoms with Gasteiger partial charge in [0.25, 0.3) is 0 Å². The van der Waals surface area contributed by atoms with Gasteiger partial charge < -0.3 is 10.6 Å². The number of carbonyl (C=O) groups is 1.